The molecule has 1 aromatic carbocycles. The van der Waals surface area contributed by atoms with Crippen LogP contribution in [-0.4, -0.2) is 6.54 Å². The van der Waals surface area contributed by atoms with Gasteiger partial charge in [-0.2, -0.15) is 0 Å². The van der Waals surface area contributed by atoms with E-state index in [0.717, 1.165) is 34.2 Å². The lowest BCUT2D eigenvalue weighted by atomic mass is 10.1. The van der Waals surface area contributed by atoms with E-state index in [4.69, 9.17) is 4.42 Å². The molecule has 0 aliphatic carbocycles. The van der Waals surface area contributed by atoms with Gasteiger partial charge in [0.15, 0.2) is 0 Å². The highest BCUT2D eigenvalue weighted by Gasteiger charge is 2.15. The number of hydrogen-bond donors (Lipinski definition) is 1. The average molecular weight is 306 g/mol. The van der Waals surface area contributed by atoms with Gasteiger partial charge in [0.25, 0.3) is 0 Å². The van der Waals surface area contributed by atoms with Gasteiger partial charge in [0, 0.05) is 11.8 Å². The average Bonchev–Trinajstić information content (AvgIpc) is 2.80. The van der Waals surface area contributed by atoms with Gasteiger partial charge in [-0.25, -0.2) is 0 Å². The van der Waals surface area contributed by atoms with E-state index in [2.05, 4.69) is 52.1 Å². The summed E-state index contributed by atoms with van der Waals surface area (Å²) in [6, 6.07) is 8.30. The molecule has 0 bridgehead atoms. The zero-order valence-electron chi connectivity index (χ0n) is 10.6. The SMILES string of the molecule is CC#CCC(NCC)c1cc2cccc(Br)c2o1. The summed E-state index contributed by atoms with van der Waals surface area (Å²) in [6.07, 6.45) is 0.766. The Bertz CT molecular complexity index is 591. The molecule has 0 amide bonds. The second kappa shape index (κ2) is 6.08. The summed E-state index contributed by atoms with van der Waals surface area (Å²) in [5.41, 5.74) is 0.903. The molecule has 0 aliphatic heterocycles. The van der Waals surface area contributed by atoms with E-state index in [9.17, 15) is 0 Å². The Morgan fingerprint density at radius 3 is 2.94 bits per heavy atom. The molecular formula is C15H16BrNO. The van der Waals surface area contributed by atoms with E-state index in [1.165, 1.54) is 0 Å². The van der Waals surface area contributed by atoms with Gasteiger partial charge in [0.1, 0.15) is 11.3 Å². The largest absolute Gasteiger partial charge is 0.458 e. The van der Waals surface area contributed by atoms with Crippen molar-refractivity contribution in [3.8, 4) is 11.8 Å². The Labute approximate surface area is 116 Å². The number of hydrogen-bond acceptors (Lipinski definition) is 2. The third kappa shape index (κ3) is 2.77. The number of furan rings is 1. The predicted molar refractivity (Wildman–Crippen MR) is 78.4 cm³/mol. The molecule has 94 valence electrons. The number of benzene rings is 1. The standard InChI is InChI=1S/C15H16BrNO/c1-3-5-9-13(17-4-2)14-10-11-7-6-8-12(16)15(11)18-14/h6-8,10,13,17H,4,9H2,1-2H3. The smallest absolute Gasteiger partial charge is 0.148 e. The lowest BCUT2D eigenvalue weighted by Gasteiger charge is -2.11. The molecule has 1 unspecified atom stereocenters. The molecule has 1 aromatic heterocycles. The van der Waals surface area contributed by atoms with Crippen molar-refractivity contribution in [3.63, 3.8) is 0 Å². The van der Waals surface area contributed by atoms with Crippen LogP contribution in [0.15, 0.2) is 33.2 Å². The minimum atomic E-state index is 0.154. The van der Waals surface area contributed by atoms with Gasteiger partial charge in [-0.3, -0.25) is 0 Å². The van der Waals surface area contributed by atoms with Crippen molar-refractivity contribution in [3.05, 3.63) is 34.5 Å². The normalized spacial score (nSPS) is 12.2. The van der Waals surface area contributed by atoms with Crippen molar-refractivity contribution < 1.29 is 4.42 Å². The number of rotatable bonds is 4. The first-order chi connectivity index (χ1) is 8.76. The summed E-state index contributed by atoms with van der Waals surface area (Å²) in [7, 11) is 0. The van der Waals surface area contributed by atoms with E-state index >= 15 is 0 Å². The lowest BCUT2D eigenvalue weighted by Crippen LogP contribution is -2.19. The molecule has 0 saturated heterocycles. The van der Waals surface area contributed by atoms with Crippen molar-refractivity contribution in [2.75, 3.05) is 6.54 Å². The maximum Gasteiger partial charge on any atom is 0.148 e. The maximum atomic E-state index is 5.93. The second-order valence-electron chi connectivity index (χ2n) is 4.05. The second-order valence-corrected chi connectivity index (χ2v) is 4.90. The van der Waals surface area contributed by atoms with Gasteiger partial charge in [-0.05, 0) is 41.5 Å². The Hall–Kier alpha value is -1.24. The molecule has 1 heterocycles. The molecule has 0 fully saturated rings. The topological polar surface area (TPSA) is 25.2 Å². The van der Waals surface area contributed by atoms with Crippen molar-refractivity contribution in [2.45, 2.75) is 26.3 Å². The summed E-state index contributed by atoms with van der Waals surface area (Å²) < 4.78 is 6.92. The Balaban J connectivity index is 2.37. The summed E-state index contributed by atoms with van der Waals surface area (Å²) in [6.45, 7) is 4.84. The van der Waals surface area contributed by atoms with Crippen LogP contribution in [0.25, 0.3) is 11.0 Å². The molecule has 2 nitrogen and oxygen atoms in total. The Morgan fingerprint density at radius 2 is 2.28 bits per heavy atom. The highest BCUT2D eigenvalue weighted by atomic mass is 79.9. The zero-order valence-corrected chi connectivity index (χ0v) is 12.2. The first-order valence-corrected chi connectivity index (χ1v) is 6.86. The van der Waals surface area contributed by atoms with Gasteiger partial charge in [0.2, 0.25) is 0 Å². The van der Waals surface area contributed by atoms with E-state index < -0.39 is 0 Å². The van der Waals surface area contributed by atoms with Crippen LogP contribution in [-0.2, 0) is 0 Å². The van der Waals surface area contributed by atoms with E-state index in [1.807, 2.05) is 19.1 Å². The van der Waals surface area contributed by atoms with Gasteiger partial charge < -0.3 is 9.73 Å². The molecule has 0 spiro atoms. The molecule has 1 N–H and O–H groups in total. The van der Waals surface area contributed by atoms with Crippen LogP contribution < -0.4 is 5.32 Å². The molecule has 18 heavy (non-hydrogen) atoms. The van der Waals surface area contributed by atoms with E-state index in [-0.39, 0.29) is 6.04 Å². The number of nitrogens with one attached hydrogen (secondary N) is 1. The predicted octanol–water partition coefficient (Wildman–Crippen LogP) is 4.26. The first-order valence-electron chi connectivity index (χ1n) is 6.07. The van der Waals surface area contributed by atoms with Crippen LogP contribution in [0, 0.1) is 11.8 Å². The van der Waals surface area contributed by atoms with Gasteiger partial charge in [-0.15, -0.1) is 11.8 Å². The number of fused-ring (bicyclic) bond motifs is 1. The van der Waals surface area contributed by atoms with Crippen LogP contribution in [0.3, 0.4) is 0 Å². The minimum Gasteiger partial charge on any atom is -0.458 e. The van der Waals surface area contributed by atoms with Gasteiger partial charge in [0.05, 0.1) is 10.5 Å². The fraction of sp³-hybridized carbons (Fsp3) is 0.333. The fourth-order valence-corrected chi connectivity index (χ4v) is 2.41. The third-order valence-corrected chi connectivity index (χ3v) is 3.42. The fourth-order valence-electron chi connectivity index (χ4n) is 1.94. The highest BCUT2D eigenvalue weighted by molar-refractivity contribution is 9.10. The Morgan fingerprint density at radius 1 is 1.44 bits per heavy atom. The van der Waals surface area contributed by atoms with Gasteiger partial charge in [-0.1, -0.05) is 19.1 Å². The van der Waals surface area contributed by atoms with Crippen LogP contribution in [0.2, 0.25) is 0 Å². The molecular weight excluding hydrogens is 290 g/mol. The molecule has 0 saturated carbocycles. The van der Waals surface area contributed by atoms with Crippen LogP contribution in [0.4, 0.5) is 0 Å². The van der Waals surface area contributed by atoms with Gasteiger partial charge >= 0.3 is 0 Å². The van der Waals surface area contributed by atoms with Crippen molar-refractivity contribution in [2.24, 2.45) is 0 Å². The van der Waals surface area contributed by atoms with Crippen molar-refractivity contribution >= 4 is 26.9 Å². The minimum absolute atomic E-state index is 0.154. The van der Waals surface area contributed by atoms with Crippen LogP contribution in [0.1, 0.15) is 32.1 Å². The quantitative estimate of drug-likeness (QED) is 0.854. The maximum absolute atomic E-state index is 5.93. The van der Waals surface area contributed by atoms with Crippen molar-refractivity contribution in [1.82, 2.24) is 5.32 Å². The van der Waals surface area contributed by atoms with Crippen molar-refractivity contribution in [1.29, 1.82) is 0 Å². The van der Waals surface area contributed by atoms with Crippen LogP contribution >= 0.6 is 15.9 Å². The number of halogens is 1. The van der Waals surface area contributed by atoms with E-state index in [1.54, 1.807) is 0 Å². The van der Waals surface area contributed by atoms with E-state index in [0.29, 0.717) is 0 Å². The summed E-state index contributed by atoms with van der Waals surface area (Å²) in [5, 5.41) is 4.52. The highest BCUT2D eigenvalue weighted by Crippen LogP contribution is 2.30. The number of para-hydroxylation sites is 1. The van der Waals surface area contributed by atoms with Crippen LogP contribution in [0.5, 0.6) is 0 Å². The third-order valence-electron chi connectivity index (χ3n) is 2.79. The Kier molecular flexibility index (Phi) is 4.46. The summed E-state index contributed by atoms with van der Waals surface area (Å²) in [4.78, 5) is 0. The summed E-state index contributed by atoms with van der Waals surface area (Å²) >= 11 is 3.51. The summed E-state index contributed by atoms with van der Waals surface area (Å²) in [5.74, 6) is 6.98. The monoisotopic (exact) mass is 305 g/mol. The lowest BCUT2D eigenvalue weighted by molar-refractivity contribution is 0.442. The molecule has 1 atom stereocenters. The first kappa shape index (κ1) is 13.2. The molecule has 2 rings (SSSR count). The molecule has 0 radical (unpaired) electrons. The molecule has 0 aliphatic rings. The zero-order chi connectivity index (χ0) is 13.0. The molecule has 3 heteroatoms. The molecule has 2 aromatic rings.